The van der Waals surface area contributed by atoms with Crippen molar-refractivity contribution in [3.05, 3.63) is 41.2 Å². The lowest BCUT2D eigenvalue weighted by molar-refractivity contribution is 0.0822. The summed E-state index contributed by atoms with van der Waals surface area (Å²) in [6, 6.07) is 3.17. The van der Waals surface area contributed by atoms with Crippen LogP contribution in [0.5, 0.6) is 0 Å². The molecule has 20 heavy (non-hydrogen) atoms. The van der Waals surface area contributed by atoms with Crippen molar-refractivity contribution in [1.82, 2.24) is 9.88 Å². The summed E-state index contributed by atoms with van der Waals surface area (Å²) in [6.07, 6.45) is 0.239. The number of allylic oxidation sites excluding steroid dienone is 2. The van der Waals surface area contributed by atoms with Crippen LogP contribution in [0.15, 0.2) is 35.0 Å². The lowest BCUT2D eigenvalue weighted by atomic mass is 10.1. The first-order chi connectivity index (χ1) is 9.36. The fourth-order valence-electron chi connectivity index (χ4n) is 1.49. The third-order valence-electron chi connectivity index (χ3n) is 2.63. The molecule has 0 fully saturated rings. The number of alkyl halides is 2. The summed E-state index contributed by atoms with van der Waals surface area (Å²) in [5.41, 5.74) is 1.13. The van der Waals surface area contributed by atoms with E-state index in [9.17, 15) is 13.6 Å². The van der Waals surface area contributed by atoms with Crippen molar-refractivity contribution in [3.63, 3.8) is 0 Å². The van der Waals surface area contributed by atoms with Gasteiger partial charge in [-0.2, -0.15) is 0 Å². The van der Waals surface area contributed by atoms with Gasteiger partial charge in [0.05, 0.1) is 5.71 Å². The van der Waals surface area contributed by atoms with Gasteiger partial charge < -0.3 is 4.90 Å². The minimum absolute atomic E-state index is 0.0806. The first-order valence-corrected chi connectivity index (χ1v) is 5.98. The van der Waals surface area contributed by atoms with Gasteiger partial charge >= 0.3 is 0 Å². The van der Waals surface area contributed by atoms with E-state index in [2.05, 4.69) is 9.98 Å². The second-order valence-electron chi connectivity index (χ2n) is 4.43. The Bertz CT molecular complexity index is 551. The number of amides is 1. The van der Waals surface area contributed by atoms with E-state index in [0.29, 0.717) is 11.3 Å². The number of halogens is 2. The maximum absolute atomic E-state index is 12.6. The Labute approximate surface area is 116 Å². The summed E-state index contributed by atoms with van der Waals surface area (Å²) in [4.78, 5) is 21.2. The standard InChI is InChI=1S/C14H17F2N3O/c1-9(13(15)16)7-11(17-2)10-5-6-18-12(8-10)14(20)19(3)4/h5-8,13H,1-4H3/b9-7+,17-11?. The van der Waals surface area contributed by atoms with Crippen molar-refractivity contribution < 1.29 is 13.6 Å². The molecule has 4 nitrogen and oxygen atoms in total. The third kappa shape index (κ3) is 3.94. The molecule has 108 valence electrons. The average molecular weight is 281 g/mol. The lowest BCUT2D eigenvalue weighted by Crippen LogP contribution is -2.23. The molecule has 0 aromatic carbocycles. The number of rotatable bonds is 4. The Morgan fingerprint density at radius 3 is 2.60 bits per heavy atom. The largest absolute Gasteiger partial charge is 0.343 e. The van der Waals surface area contributed by atoms with E-state index in [0.717, 1.165) is 0 Å². The zero-order valence-electron chi connectivity index (χ0n) is 11.9. The van der Waals surface area contributed by atoms with Crippen molar-refractivity contribution in [3.8, 4) is 0 Å². The lowest BCUT2D eigenvalue weighted by Gasteiger charge is -2.10. The quantitative estimate of drug-likeness (QED) is 0.796. The van der Waals surface area contributed by atoms with Crippen LogP contribution in [0, 0.1) is 0 Å². The second-order valence-corrected chi connectivity index (χ2v) is 4.43. The number of hydrogen-bond donors (Lipinski definition) is 0. The molecule has 0 saturated heterocycles. The van der Waals surface area contributed by atoms with Crippen LogP contribution < -0.4 is 0 Å². The Balaban J connectivity index is 3.16. The molecule has 0 bridgehead atoms. The minimum Gasteiger partial charge on any atom is -0.343 e. The van der Waals surface area contributed by atoms with Crippen LogP contribution >= 0.6 is 0 Å². The van der Waals surface area contributed by atoms with Gasteiger partial charge in [0.25, 0.3) is 12.3 Å². The van der Waals surface area contributed by atoms with Crippen molar-refractivity contribution in [2.24, 2.45) is 4.99 Å². The Kier molecular flexibility index (Phi) is 5.49. The van der Waals surface area contributed by atoms with Crippen molar-refractivity contribution in [2.45, 2.75) is 13.3 Å². The van der Waals surface area contributed by atoms with Gasteiger partial charge in [-0.25, -0.2) is 8.78 Å². The maximum Gasteiger partial charge on any atom is 0.271 e. The number of nitrogens with zero attached hydrogens (tertiary/aromatic N) is 3. The summed E-state index contributed by atoms with van der Waals surface area (Å²) in [6.45, 7) is 1.34. The second kappa shape index (κ2) is 6.88. The molecule has 0 aliphatic heterocycles. The van der Waals surface area contributed by atoms with Gasteiger partial charge in [0.15, 0.2) is 0 Å². The molecule has 0 saturated carbocycles. The van der Waals surface area contributed by atoms with Crippen LogP contribution in [0.1, 0.15) is 23.0 Å². The molecule has 1 heterocycles. The SMILES string of the molecule is CN=C(/C=C(\C)C(F)F)c1ccnc(C(=O)N(C)C)c1. The third-order valence-corrected chi connectivity index (χ3v) is 2.63. The van der Waals surface area contributed by atoms with E-state index >= 15 is 0 Å². The molecule has 1 aromatic rings. The molecule has 1 amide bonds. The van der Waals surface area contributed by atoms with Crippen LogP contribution in [0.4, 0.5) is 8.78 Å². The van der Waals surface area contributed by atoms with Crippen molar-refractivity contribution in [1.29, 1.82) is 0 Å². The number of carbonyl (C=O) groups is 1. The van der Waals surface area contributed by atoms with E-state index in [-0.39, 0.29) is 17.2 Å². The molecule has 0 unspecified atom stereocenters. The number of aromatic nitrogens is 1. The van der Waals surface area contributed by atoms with Crippen LogP contribution in [0.3, 0.4) is 0 Å². The molecule has 0 radical (unpaired) electrons. The highest BCUT2D eigenvalue weighted by Crippen LogP contribution is 2.12. The van der Waals surface area contributed by atoms with Crippen LogP contribution in [0.25, 0.3) is 0 Å². The number of carbonyl (C=O) groups excluding carboxylic acids is 1. The highest BCUT2D eigenvalue weighted by Gasteiger charge is 2.12. The van der Waals surface area contributed by atoms with E-state index in [1.165, 1.54) is 31.1 Å². The van der Waals surface area contributed by atoms with Crippen LogP contribution in [-0.4, -0.2) is 49.1 Å². The molecule has 0 atom stereocenters. The van der Waals surface area contributed by atoms with Gasteiger partial charge in [0.1, 0.15) is 5.69 Å². The predicted molar refractivity (Wildman–Crippen MR) is 74.5 cm³/mol. The number of pyridine rings is 1. The summed E-state index contributed by atoms with van der Waals surface area (Å²) in [7, 11) is 4.75. The van der Waals surface area contributed by atoms with E-state index in [1.54, 1.807) is 26.2 Å². The van der Waals surface area contributed by atoms with Gasteiger partial charge in [0, 0.05) is 32.9 Å². The molecular formula is C14H17F2N3O. The van der Waals surface area contributed by atoms with Gasteiger partial charge in [-0.3, -0.25) is 14.8 Å². The summed E-state index contributed by atoms with van der Waals surface area (Å²) in [5, 5.41) is 0. The molecule has 6 heteroatoms. The van der Waals surface area contributed by atoms with E-state index in [1.807, 2.05) is 0 Å². The van der Waals surface area contributed by atoms with Crippen LogP contribution in [-0.2, 0) is 0 Å². The molecule has 0 aliphatic rings. The molecule has 1 aromatic heterocycles. The maximum atomic E-state index is 12.6. The topological polar surface area (TPSA) is 45.6 Å². The number of aliphatic imine (C=N–C) groups is 1. The first kappa shape index (κ1) is 15.9. The van der Waals surface area contributed by atoms with Gasteiger partial charge in [-0.1, -0.05) is 0 Å². The monoisotopic (exact) mass is 281 g/mol. The summed E-state index contributed by atoms with van der Waals surface area (Å²) >= 11 is 0. The van der Waals surface area contributed by atoms with E-state index < -0.39 is 6.43 Å². The Hall–Kier alpha value is -2.11. The number of hydrogen-bond acceptors (Lipinski definition) is 3. The van der Waals surface area contributed by atoms with E-state index in [4.69, 9.17) is 0 Å². The zero-order valence-corrected chi connectivity index (χ0v) is 11.9. The highest BCUT2D eigenvalue weighted by atomic mass is 19.3. The Morgan fingerprint density at radius 1 is 1.45 bits per heavy atom. The molecule has 0 N–H and O–H groups in total. The van der Waals surface area contributed by atoms with Crippen LogP contribution in [0.2, 0.25) is 0 Å². The summed E-state index contributed by atoms with van der Waals surface area (Å²) < 4.78 is 25.1. The molecule has 1 rings (SSSR count). The first-order valence-electron chi connectivity index (χ1n) is 5.98. The van der Waals surface area contributed by atoms with Gasteiger partial charge in [-0.05, 0) is 30.7 Å². The molecule has 0 aliphatic carbocycles. The molecule has 0 spiro atoms. The molecular weight excluding hydrogens is 264 g/mol. The smallest absolute Gasteiger partial charge is 0.271 e. The fraction of sp³-hybridized carbons (Fsp3) is 0.357. The highest BCUT2D eigenvalue weighted by molar-refractivity contribution is 6.10. The predicted octanol–water partition coefficient (Wildman–Crippen LogP) is 2.41. The summed E-state index contributed by atoms with van der Waals surface area (Å²) in [5.74, 6) is -0.253. The van der Waals surface area contributed by atoms with Crippen molar-refractivity contribution >= 4 is 11.6 Å². The van der Waals surface area contributed by atoms with Gasteiger partial charge in [0.2, 0.25) is 0 Å². The zero-order chi connectivity index (χ0) is 15.3. The average Bonchev–Trinajstić information content (AvgIpc) is 2.43. The Morgan fingerprint density at radius 2 is 2.10 bits per heavy atom. The van der Waals surface area contributed by atoms with Crippen molar-refractivity contribution in [2.75, 3.05) is 21.1 Å². The normalized spacial score (nSPS) is 12.8. The fourth-order valence-corrected chi connectivity index (χ4v) is 1.49. The minimum atomic E-state index is -2.53. The van der Waals surface area contributed by atoms with Gasteiger partial charge in [-0.15, -0.1) is 0 Å².